The number of esters is 1. The lowest BCUT2D eigenvalue weighted by molar-refractivity contribution is -0.140. The van der Waals surface area contributed by atoms with E-state index in [0.717, 1.165) is 37.9 Å². The van der Waals surface area contributed by atoms with Crippen LogP contribution < -0.4 is 0 Å². The summed E-state index contributed by atoms with van der Waals surface area (Å²) in [5.41, 5.74) is 4.80. The van der Waals surface area contributed by atoms with Gasteiger partial charge in [0, 0.05) is 37.9 Å². The summed E-state index contributed by atoms with van der Waals surface area (Å²) in [7, 11) is 1.42. The predicted molar refractivity (Wildman–Crippen MR) is 145 cm³/mol. The number of carbonyl (C=O) groups is 1. The van der Waals surface area contributed by atoms with E-state index in [0.29, 0.717) is 32.7 Å². The summed E-state index contributed by atoms with van der Waals surface area (Å²) in [4.78, 5) is 13.7. The highest BCUT2D eigenvalue weighted by Crippen LogP contribution is 2.36. The number of ether oxygens (including phenoxy) is 3. The van der Waals surface area contributed by atoms with Gasteiger partial charge in [-0.15, -0.1) is 0 Å². The molecule has 0 aromatic heterocycles. The van der Waals surface area contributed by atoms with Gasteiger partial charge in [-0.25, -0.2) is 0 Å². The zero-order valence-corrected chi connectivity index (χ0v) is 22.2. The van der Waals surface area contributed by atoms with E-state index in [1.807, 2.05) is 0 Å². The number of allylic oxidation sites excluding steroid dienone is 2. The van der Waals surface area contributed by atoms with E-state index in [1.54, 1.807) is 0 Å². The summed E-state index contributed by atoms with van der Waals surface area (Å²) in [6, 6.07) is 17.2. The maximum absolute atomic E-state index is 11.3. The molecule has 2 aromatic carbocycles. The van der Waals surface area contributed by atoms with E-state index < -0.39 is 6.10 Å². The van der Waals surface area contributed by atoms with Gasteiger partial charge in [0.1, 0.15) is 0 Å². The number of aliphatic hydroxyl groups is 1. The molecule has 4 rings (SSSR count). The second kappa shape index (κ2) is 13.9. The van der Waals surface area contributed by atoms with Crippen LogP contribution in [0.3, 0.4) is 0 Å². The molecule has 1 N–H and O–H groups in total. The highest BCUT2D eigenvalue weighted by molar-refractivity contribution is 5.69. The van der Waals surface area contributed by atoms with Crippen molar-refractivity contribution in [2.75, 3.05) is 33.4 Å². The number of rotatable bonds is 11. The van der Waals surface area contributed by atoms with E-state index in [2.05, 4.69) is 72.5 Å². The number of carbonyl (C=O) groups excluding carboxylic acids is 1. The van der Waals surface area contributed by atoms with Crippen LogP contribution in [0.5, 0.6) is 0 Å². The molecule has 2 fully saturated rings. The van der Waals surface area contributed by atoms with Gasteiger partial charge in [-0.1, -0.05) is 66.2 Å². The molecule has 1 heterocycles. The Morgan fingerprint density at radius 3 is 2.41 bits per heavy atom. The minimum Gasteiger partial charge on any atom is -0.469 e. The Balaban J connectivity index is 1.37. The first-order valence-corrected chi connectivity index (χ1v) is 13.5. The van der Waals surface area contributed by atoms with Gasteiger partial charge in [-0.05, 0) is 42.9 Å². The minimum absolute atomic E-state index is 0.0145. The second-order valence-corrected chi connectivity index (χ2v) is 10.2. The van der Waals surface area contributed by atoms with Crippen LogP contribution in [0.15, 0.2) is 60.7 Å². The Morgan fingerprint density at radius 1 is 1.05 bits per heavy atom. The van der Waals surface area contributed by atoms with Crippen molar-refractivity contribution in [3.63, 3.8) is 0 Å². The highest BCUT2D eigenvalue weighted by Gasteiger charge is 2.45. The molecule has 1 saturated heterocycles. The zero-order chi connectivity index (χ0) is 26.0. The van der Waals surface area contributed by atoms with Crippen LogP contribution in [-0.2, 0) is 25.6 Å². The molecule has 0 unspecified atom stereocenters. The van der Waals surface area contributed by atoms with Gasteiger partial charge in [0.05, 0.1) is 39.1 Å². The number of hydrogen-bond donors (Lipinski definition) is 1. The van der Waals surface area contributed by atoms with Crippen LogP contribution in [0.1, 0.15) is 43.2 Å². The standard InChI is InChI=1S/C31H41NO5/c1-23-9-13-25(14-10-23)26-15-11-24(12-16-26)22-37-29-21-28(33)31(32-17-19-36-20-18-32)27(29)7-5-3-4-6-8-30(34)35-2/h3,5,9-16,27-29,31,33H,4,6-8,17-22H2,1-2H3/t27-,28+,29-,31+/m0/s1. The first-order chi connectivity index (χ1) is 18.0. The number of morpholine rings is 1. The van der Waals surface area contributed by atoms with Crippen molar-refractivity contribution < 1.29 is 24.1 Å². The fourth-order valence-electron chi connectivity index (χ4n) is 5.51. The van der Waals surface area contributed by atoms with Crippen LogP contribution in [0.2, 0.25) is 0 Å². The molecule has 0 radical (unpaired) electrons. The molecule has 6 heteroatoms. The fourth-order valence-corrected chi connectivity index (χ4v) is 5.51. The molecule has 0 spiro atoms. The number of aliphatic hydroxyl groups excluding tert-OH is 1. The number of methoxy groups -OCH3 is 1. The molecular weight excluding hydrogens is 466 g/mol. The van der Waals surface area contributed by atoms with Crippen molar-refractivity contribution in [3.8, 4) is 11.1 Å². The summed E-state index contributed by atoms with van der Waals surface area (Å²) in [6.07, 6.45) is 7.45. The molecule has 0 amide bonds. The molecule has 6 nitrogen and oxygen atoms in total. The molecule has 2 aliphatic rings. The lowest BCUT2D eigenvalue weighted by Crippen LogP contribution is -2.50. The SMILES string of the molecule is COC(=O)CCCC=CC[C@@H]1[C@@H](N2CCOCC2)[C@H](O)C[C@@H]1OCc1ccc(-c2ccc(C)cc2)cc1. The molecule has 0 bridgehead atoms. The maximum atomic E-state index is 11.3. The number of hydrogen-bond acceptors (Lipinski definition) is 6. The Kier molecular flexibility index (Phi) is 10.3. The lowest BCUT2D eigenvalue weighted by atomic mass is 9.94. The smallest absolute Gasteiger partial charge is 0.305 e. The van der Waals surface area contributed by atoms with Gasteiger partial charge in [-0.2, -0.15) is 0 Å². The summed E-state index contributed by atoms with van der Waals surface area (Å²) in [5, 5.41) is 11.1. The highest BCUT2D eigenvalue weighted by atomic mass is 16.5. The topological polar surface area (TPSA) is 68.2 Å². The Bertz CT molecular complexity index is 997. The fraction of sp³-hybridized carbons (Fsp3) is 0.516. The molecule has 2 aromatic rings. The van der Waals surface area contributed by atoms with Gasteiger partial charge >= 0.3 is 5.97 Å². The van der Waals surface area contributed by atoms with Gasteiger partial charge in [-0.3, -0.25) is 9.69 Å². The van der Waals surface area contributed by atoms with Crippen molar-refractivity contribution in [2.24, 2.45) is 5.92 Å². The summed E-state index contributed by atoms with van der Waals surface area (Å²) >= 11 is 0. The van der Waals surface area contributed by atoms with Gasteiger partial charge in [0.25, 0.3) is 0 Å². The van der Waals surface area contributed by atoms with Crippen LogP contribution in [0.25, 0.3) is 11.1 Å². The number of benzene rings is 2. The van der Waals surface area contributed by atoms with Gasteiger partial charge in [0.15, 0.2) is 0 Å². The van der Waals surface area contributed by atoms with Crippen molar-refractivity contribution in [3.05, 3.63) is 71.8 Å². The average Bonchev–Trinajstić information content (AvgIpc) is 3.25. The monoisotopic (exact) mass is 507 g/mol. The second-order valence-electron chi connectivity index (χ2n) is 10.2. The maximum Gasteiger partial charge on any atom is 0.305 e. The molecule has 1 aliphatic carbocycles. The van der Waals surface area contributed by atoms with Crippen molar-refractivity contribution >= 4 is 5.97 Å². The Labute approximate surface area is 221 Å². The third-order valence-corrected chi connectivity index (χ3v) is 7.61. The van der Waals surface area contributed by atoms with E-state index in [-0.39, 0.29) is 24.0 Å². The van der Waals surface area contributed by atoms with E-state index in [9.17, 15) is 9.90 Å². The normalized spacial score (nSPS) is 24.5. The third-order valence-electron chi connectivity index (χ3n) is 7.61. The van der Waals surface area contributed by atoms with E-state index >= 15 is 0 Å². The molecule has 200 valence electrons. The summed E-state index contributed by atoms with van der Waals surface area (Å²) in [5.74, 6) is 0.0387. The van der Waals surface area contributed by atoms with Crippen LogP contribution in [-0.4, -0.2) is 67.6 Å². The summed E-state index contributed by atoms with van der Waals surface area (Å²) in [6.45, 7) is 5.72. The van der Waals surface area contributed by atoms with Crippen LogP contribution in [0.4, 0.5) is 0 Å². The van der Waals surface area contributed by atoms with Crippen LogP contribution >= 0.6 is 0 Å². The van der Waals surface area contributed by atoms with Gasteiger partial charge in [0.2, 0.25) is 0 Å². The average molecular weight is 508 g/mol. The van der Waals surface area contributed by atoms with Crippen LogP contribution in [0, 0.1) is 12.8 Å². The first-order valence-electron chi connectivity index (χ1n) is 13.5. The number of nitrogens with zero attached hydrogens (tertiary/aromatic N) is 1. The molecular formula is C31H41NO5. The van der Waals surface area contributed by atoms with E-state index in [1.165, 1.54) is 23.8 Å². The molecule has 1 aliphatic heterocycles. The first kappa shape index (κ1) is 27.5. The lowest BCUT2D eigenvalue weighted by Gasteiger charge is -2.37. The van der Waals surface area contributed by atoms with Crippen molar-refractivity contribution in [1.82, 2.24) is 4.90 Å². The third kappa shape index (κ3) is 7.74. The Morgan fingerprint density at radius 2 is 1.73 bits per heavy atom. The van der Waals surface area contributed by atoms with Crippen molar-refractivity contribution in [2.45, 2.75) is 63.9 Å². The van der Waals surface area contributed by atoms with E-state index in [4.69, 9.17) is 14.2 Å². The molecule has 1 saturated carbocycles. The number of aryl methyl sites for hydroxylation is 1. The molecule has 37 heavy (non-hydrogen) atoms. The largest absolute Gasteiger partial charge is 0.469 e. The van der Waals surface area contributed by atoms with Gasteiger partial charge < -0.3 is 19.3 Å². The van der Waals surface area contributed by atoms with Crippen molar-refractivity contribution in [1.29, 1.82) is 0 Å². The minimum atomic E-state index is -0.412. The quantitative estimate of drug-likeness (QED) is 0.265. The molecule has 4 atom stereocenters. The number of unbranched alkanes of at least 4 members (excludes halogenated alkanes) is 1. The zero-order valence-electron chi connectivity index (χ0n) is 22.2. The predicted octanol–water partition coefficient (Wildman–Crippen LogP) is 4.92. The summed E-state index contributed by atoms with van der Waals surface area (Å²) < 4.78 is 16.7. The Hall–Kier alpha value is -2.51.